The molecule has 0 aromatic heterocycles. The molecule has 4 aromatic carbocycles. The lowest BCUT2D eigenvalue weighted by atomic mass is 10.0. The van der Waals surface area contributed by atoms with Crippen molar-refractivity contribution in [2.45, 2.75) is 41.2 Å². The van der Waals surface area contributed by atoms with Gasteiger partial charge in [-0.3, -0.25) is 4.79 Å². The highest BCUT2D eigenvalue weighted by Crippen LogP contribution is 2.36. The molecule has 8 heteroatoms. The number of hydrogen-bond donors (Lipinski definition) is 0. The van der Waals surface area contributed by atoms with Crippen molar-refractivity contribution < 1.29 is 22.3 Å². The molecule has 4 aromatic rings. The summed E-state index contributed by atoms with van der Waals surface area (Å²) in [5.41, 5.74) is 1.57. The van der Waals surface area contributed by atoms with Crippen LogP contribution in [-0.4, -0.2) is 43.5 Å². The first-order chi connectivity index (χ1) is 18.8. The third kappa shape index (κ3) is 6.35. The Morgan fingerprint density at radius 1 is 0.974 bits per heavy atom. The third-order valence-corrected chi connectivity index (χ3v) is 10.4. The van der Waals surface area contributed by atoms with Gasteiger partial charge in [-0.25, -0.2) is 12.8 Å². The molecule has 1 aliphatic rings. The van der Waals surface area contributed by atoms with Crippen molar-refractivity contribution >= 4 is 38.3 Å². The van der Waals surface area contributed by atoms with Crippen LogP contribution in [0.5, 0.6) is 5.75 Å². The highest BCUT2D eigenvalue weighted by Gasteiger charge is 2.40. The number of thioether (sulfide) groups is 1. The van der Waals surface area contributed by atoms with Crippen LogP contribution in [0, 0.1) is 5.82 Å². The number of halogens is 1. The Bertz CT molecular complexity index is 1560. The lowest BCUT2D eigenvalue weighted by Gasteiger charge is -2.24. The Morgan fingerprint density at radius 2 is 1.69 bits per heavy atom. The largest absolute Gasteiger partial charge is 0.497 e. The van der Waals surface area contributed by atoms with Gasteiger partial charge in [0.15, 0.2) is 5.78 Å². The second kappa shape index (κ2) is 11.9. The van der Waals surface area contributed by atoms with Gasteiger partial charge in [0.1, 0.15) is 11.6 Å². The molecule has 0 unspecified atom stereocenters. The topological polar surface area (TPSA) is 63.7 Å². The summed E-state index contributed by atoms with van der Waals surface area (Å²) < 4.78 is 47.9. The number of nitrogens with zero attached hydrogens (tertiary/aromatic N) is 1. The van der Waals surface area contributed by atoms with Gasteiger partial charge in [0.25, 0.3) is 0 Å². The molecule has 2 atom stereocenters. The highest BCUT2D eigenvalue weighted by molar-refractivity contribution is 7.99. The number of rotatable bonds is 10. The van der Waals surface area contributed by atoms with Crippen LogP contribution in [0.1, 0.15) is 35.2 Å². The Labute approximate surface area is 233 Å². The summed E-state index contributed by atoms with van der Waals surface area (Å²) in [6.45, 7) is 0.380. The lowest BCUT2D eigenvalue weighted by molar-refractivity contribution is 0.0973. The average molecular weight is 564 g/mol. The molecule has 202 valence electrons. The number of ketones is 1. The molecule has 0 radical (unpaired) electrons. The van der Waals surface area contributed by atoms with Gasteiger partial charge >= 0.3 is 0 Å². The number of Topliss-reactive ketones (excluding diaryl/α,β-unsaturated/α-hetero) is 1. The minimum atomic E-state index is -3.78. The molecular weight excluding hydrogens is 533 g/mol. The Balaban J connectivity index is 1.35. The molecule has 1 saturated heterocycles. The van der Waals surface area contributed by atoms with Crippen molar-refractivity contribution in [2.24, 2.45) is 0 Å². The number of methoxy groups -OCH3 is 1. The summed E-state index contributed by atoms with van der Waals surface area (Å²) in [7, 11) is -2.15. The second-order valence-corrected chi connectivity index (χ2v) is 12.9. The van der Waals surface area contributed by atoms with E-state index in [-0.39, 0.29) is 28.4 Å². The van der Waals surface area contributed by atoms with Crippen LogP contribution in [0.3, 0.4) is 0 Å². The molecule has 5 nitrogen and oxygen atoms in total. The first-order valence-corrected chi connectivity index (χ1v) is 15.4. The fraction of sp³-hybridized carbons (Fsp3) is 0.258. The standard InChI is InChI=1S/C31H30FNO4S2/c1-37-28-14-6-22(7-15-28)21-38-29-19-27(13-17-31(34)24-8-11-26(32)12-9-24)33(20-29)39(35,36)30-16-10-23-4-2-3-5-25(23)18-30/h2-12,14-16,18,27,29H,13,17,19-21H2,1H3/t27-,29-/m1/s1. The van der Waals surface area contributed by atoms with E-state index < -0.39 is 15.8 Å². The predicted octanol–water partition coefficient (Wildman–Crippen LogP) is 6.72. The Hall–Kier alpha value is -3.20. The SMILES string of the molecule is COc1ccc(CS[C@@H]2C[C@@H](CCC(=O)c3ccc(F)cc3)N(S(=O)(=O)c3ccc4ccccc4c3)C2)cc1. The van der Waals surface area contributed by atoms with Gasteiger partial charge in [-0.2, -0.15) is 16.1 Å². The number of carbonyl (C=O) groups is 1. The molecule has 1 aliphatic heterocycles. The summed E-state index contributed by atoms with van der Waals surface area (Å²) in [6, 6.07) is 26.0. The van der Waals surface area contributed by atoms with Crippen molar-refractivity contribution in [3.8, 4) is 5.75 Å². The van der Waals surface area contributed by atoms with E-state index in [9.17, 15) is 17.6 Å². The van der Waals surface area contributed by atoms with E-state index in [1.165, 1.54) is 24.3 Å². The summed E-state index contributed by atoms with van der Waals surface area (Å²) in [4.78, 5) is 13.1. The van der Waals surface area contributed by atoms with Gasteiger partial charge in [-0.15, -0.1) is 0 Å². The first kappa shape index (κ1) is 27.4. The molecule has 0 N–H and O–H groups in total. The van der Waals surface area contributed by atoms with Crippen molar-refractivity contribution in [2.75, 3.05) is 13.7 Å². The maximum Gasteiger partial charge on any atom is 0.243 e. The maximum atomic E-state index is 13.9. The number of sulfonamides is 1. The van der Waals surface area contributed by atoms with Gasteiger partial charge in [0.05, 0.1) is 12.0 Å². The summed E-state index contributed by atoms with van der Waals surface area (Å²) >= 11 is 1.73. The van der Waals surface area contributed by atoms with E-state index in [0.717, 1.165) is 27.8 Å². The van der Waals surface area contributed by atoms with Crippen LogP contribution in [0.15, 0.2) is 95.9 Å². The Kier molecular flexibility index (Phi) is 8.35. The quantitative estimate of drug-likeness (QED) is 0.201. The minimum absolute atomic E-state index is 0.0910. The first-order valence-electron chi connectivity index (χ1n) is 12.9. The lowest BCUT2D eigenvalue weighted by Crippen LogP contribution is -2.36. The zero-order valence-electron chi connectivity index (χ0n) is 21.6. The predicted molar refractivity (Wildman–Crippen MR) is 154 cm³/mol. The van der Waals surface area contributed by atoms with Crippen molar-refractivity contribution in [1.29, 1.82) is 0 Å². The fourth-order valence-electron chi connectivity index (χ4n) is 5.00. The zero-order chi connectivity index (χ0) is 27.4. The van der Waals surface area contributed by atoms with Crippen molar-refractivity contribution in [1.82, 2.24) is 4.31 Å². The second-order valence-electron chi connectivity index (χ2n) is 9.72. The number of ether oxygens (including phenoxy) is 1. The summed E-state index contributed by atoms with van der Waals surface area (Å²) in [6.07, 6.45) is 1.25. The average Bonchev–Trinajstić information content (AvgIpc) is 3.39. The highest BCUT2D eigenvalue weighted by atomic mass is 32.2. The maximum absolute atomic E-state index is 13.9. The molecule has 39 heavy (non-hydrogen) atoms. The molecule has 0 aliphatic carbocycles. The van der Waals surface area contributed by atoms with Gasteiger partial charge in [0.2, 0.25) is 10.0 Å². The number of benzene rings is 4. The third-order valence-electron chi connectivity index (χ3n) is 7.17. The van der Waals surface area contributed by atoms with Gasteiger partial charge in [0, 0.05) is 35.6 Å². The van der Waals surface area contributed by atoms with Crippen molar-refractivity contribution in [3.63, 3.8) is 0 Å². The number of fused-ring (bicyclic) bond motifs is 1. The molecule has 0 saturated carbocycles. The van der Waals surface area contributed by atoms with E-state index in [4.69, 9.17) is 4.74 Å². The summed E-state index contributed by atoms with van der Waals surface area (Å²) in [5, 5.41) is 1.94. The molecule has 0 spiro atoms. The molecular formula is C31H30FNO4S2. The molecule has 1 fully saturated rings. The van der Waals surface area contributed by atoms with Gasteiger partial charge in [-0.1, -0.05) is 42.5 Å². The van der Waals surface area contributed by atoms with Crippen LogP contribution in [0.25, 0.3) is 10.8 Å². The van der Waals surface area contributed by atoms with Crippen LogP contribution in [0.2, 0.25) is 0 Å². The van der Waals surface area contributed by atoms with Crippen LogP contribution in [-0.2, 0) is 15.8 Å². The number of carbonyl (C=O) groups excluding carboxylic acids is 1. The van der Waals surface area contributed by atoms with E-state index in [0.29, 0.717) is 24.9 Å². The fourth-order valence-corrected chi connectivity index (χ4v) is 8.09. The Morgan fingerprint density at radius 3 is 2.41 bits per heavy atom. The molecule has 0 bridgehead atoms. The van der Waals surface area contributed by atoms with Gasteiger partial charge in [-0.05, 0) is 77.7 Å². The number of hydrogen-bond acceptors (Lipinski definition) is 5. The van der Waals surface area contributed by atoms with Crippen LogP contribution in [0.4, 0.5) is 4.39 Å². The summed E-state index contributed by atoms with van der Waals surface area (Å²) in [5.74, 6) is 1.03. The molecule has 1 heterocycles. The van der Waals surface area contributed by atoms with Crippen molar-refractivity contribution in [3.05, 3.63) is 108 Å². The molecule has 0 amide bonds. The smallest absolute Gasteiger partial charge is 0.243 e. The van der Waals surface area contributed by atoms with E-state index in [2.05, 4.69) is 0 Å². The van der Waals surface area contributed by atoms with Crippen LogP contribution >= 0.6 is 11.8 Å². The van der Waals surface area contributed by atoms with E-state index >= 15 is 0 Å². The normalized spacial score (nSPS) is 17.9. The molecule has 5 rings (SSSR count). The van der Waals surface area contributed by atoms with E-state index in [1.807, 2.05) is 54.6 Å². The zero-order valence-corrected chi connectivity index (χ0v) is 23.3. The minimum Gasteiger partial charge on any atom is -0.497 e. The van der Waals surface area contributed by atoms with E-state index in [1.54, 1.807) is 35.3 Å². The van der Waals surface area contributed by atoms with Gasteiger partial charge < -0.3 is 4.74 Å². The monoisotopic (exact) mass is 563 g/mol. The van der Waals surface area contributed by atoms with Crippen LogP contribution < -0.4 is 4.74 Å².